The number of anilines is 2. The normalized spacial score (nSPS) is 10.6. The summed E-state index contributed by atoms with van der Waals surface area (Å²) in [6.45, 7) is 4.27. The van der Waals surface area contributed by atoms with E-state index in [9.17, 15) is 10.1 Å². The lowest BCUT2D eigenvalue weighted by Crippen LogP contribution is -2.05. The molecule has 0 aliphatic carbocycles. The van der Waals surface area contributed by atoms with Crippen LogP contribution in [0.25, 0.3) is 11.3 Å². The summed E-state index contributed by atoms with van der Waals surface area (Å²) in [7, 11) is 0. The highest BCUT2D eigenvalue weighted by molar-refractivity contribution is 5.66. The standard InChI is InChI=1S/C19H19N5O4/c1-3-27-28-12-15-11-21-19(23-18(15)14-5-4-8-20-10-14)22-17-9-16(24(25)26)7-6-13(17)2/h4-11H,3,12H2,1-2H3,(H,21,22,23). The van der Waals surface area contributed by atoms with Crippen molar-refractivity contribution in [3.05, 3.63) is 70.2 Å². The van der Waals surface area contributed by atoms with Gasteiger partial charge >= 0.3 is 0 Å². The highest BCUT2D eigenvalue weighted by Gasteiger charge is 2.13. The van der Waals surface area contributed by atoms with E-state index < -0.39 is 4.92 Å². The molecule has 0 unspecified atom stereocenters. The number of hydrogen-bond donors (Lipinski definition) is 1. The van der Waals surface area contributed by atoms with Crippen LogP contribution in [0.15, 0.2) is 48.9 Å². The fourth-order valence-electron chi connectivity index (χ4n) is 2.49. The van der Waals surface area contributed by atoms with Gasteiger partial charge in [0.25, 0.3) is 5.69 Å². The van der Waals surface area contributed by atoms with E-state index in [2.05, 4.69) is 20.3 Å². The minimum atomic E-state index is -0.444. The molecule has 0 atom stereocenters. The minimum Gasteiger partial charge on any atom is -0.324 e. The maximum absolute atomic E-state index is 11.0. The Hall–Kier alpha value is -3.43. The van der Waals surface area contributed by atoms with Crippen molar-refractivity contribution >= 4 is 17.3 Å². The third-order valence-electron chi connectivity index (χ3n) is 3.89. The van der Waals surface area contributed by atoms with Gasteiger partial charge in [-0.1, -0.05) is 6.07 Å². The summed E-state index contributed by atoms with van der Waals surface area (Å²) in [6.07, 6.45) is 4.99. The number of aromatic nitrogens is 3. The van der Waals surface area contributed by atoms with Crippen LogP contribution in [0.1, 0.15) is 18.1 Å². The van der Waals surface area contributed by atoms with Crippen molar-refractivity contribution in [3.63, 3.8) is 0 Å². The quantitative estimate of drug-likeness (QED) is 0.270. The second kappa shape index (κ2) is 8.98. The van der Waals surface area contributed by atoms with E-state index in [1.165, 1.54) is 12.1 Å². The Morgan fingerprint density at radius 2 is 2.07 bits per heavy atom. The molecule has 9 nitrogen and oxygen atoms in total. The van der Waals surface area contributed by atoms with Gasteiger partial charge in [-0.25, -0.2) is 19.7 Å². The number of nitro benzene ring substituents is 1. The Morgan fingerprint density at radius 3 is 2.79 bits per heavy atom. The van der Waals surface area contributed by atoms with E-state index in [1.54, 1.807) is 24.7 Å². The first-order valence-electron chi connectivity index (χ1n) is 8.61. The lowest BCUT2D eigenvalue weighted by molar-refractivity contribution is -0.384. The van der Waals surface area contributed by atoms with E-state index in [0.717, 1.165) is 16.7 Å². The number of benzene rings is 1. The highest BCUT2D eigenvalue weighted by atomic mass is 17.2. The van der Waals surface area contributed by atoms with Gasteiger partial charge in [-0.05, 0) is 31.5 Å². The minimum absolute atomic E-state index is 0.0117. The molecule has 9 heteroatoms. The zero-order chi connectivity index (χ0) is 19.9. The van der Waals surface area contributed by atoms with Gasteiger partial charge in [-0.2, -0.15) is 0 Å². The molecule has 0 aliphatic rings. The van der Waals surface area contributed by atoms with Gasteiger partial charge in [0.15, 0.2) is 0 Å². The number of pyridine rings is 1. The Kier molecular flexibility index (Phi) is 6.20. The fraction of sp³-hybridized carbons (Fsp3) is 0.211. The maximum Gasteiger partial charge on any atom is 0.271 e. The highest BCUT2D eigenvalue weighted by Crippen LogP contribution is 2.27. The van der Waals surface area contributed by atoms with Crippen molar-refractivity contribution in [2.75, 3.05) is 11.9 Å². The molecular formula is C19H19N5O4. The van der Waals surface area contributed by atoms with Gasteiger partial charge in [0.05, 0.1) is 22.9 Å². The molecule has 0 saturated heterocycles. The first kappa shape index (κ1) is 19.3. The molecule has 2 heterocycles. The molecule has 3 aromatic rings. The van der Waals surface area contributed by atoms with Gasteiger partial charge in [-0.15, -0.1) is 0 Å². The fourth-order valence-corrected chi connectivity index (χ4v) is 2.49. The van der Waals surface area contributed by atoms with Crippen LogP contribution in [0.2, 0.25) is 0 Å². The second-order valence-corrected chi connectivity index (χ2v) is 5.86. The van der Waals surface area contributed by atoms with Crippen molar-refractivity contribution in [2.24, 2.45) is 0 Å². The summed E-state index contributed by atoms with van der Waals surface area (Å²) in [5.74, 6) is 0.308. The molecule has 0 saturated carbocycles. The lowest BCUT2D eigenvalue weighted by Gasteiger charge is -2.12. The van der Waals surface area contributed by atoms with Crippen LogP contribution in [-0.2, 0) is 16.4 Å². The van der Waals surface area contributed by atoms with E-state index in [4.69, 9.17) is 9.78 Å². The average Bonchev–Trinajstić information content (AvgIpc) is 2.71. The molecule has 0 amide bonds. The largest absolute Gasteiger partial charge is 0.324 e. The zero-order valence-corrected chi connectivity index (χ0v) is 15.5. The molecule has 0 fully saturated rings. The molecule has 0 radical (unpaired) electrons. The number of hydrogen-bond acceptors (Lipinski definition) is 8. The number of nitro groups is 1. The van der Waals surface area contributed by atoms with Gasteiger partial charge in [0.1, 0.15) is 6.61 Å². The van der Waals surface area contributed by atoms with Crippen LogP contribution >= 0.6 is 0 Å². The van der Waals surface area contributed by atoms with Crippen molar-refractivity contribution in [1.29, 1.82) is 0 Å². The third kappa shape index (κ3) is 4.64. The summed E-state index contributed by atoms with van der Waals surface area (Å²) >= 11 is 0. The van der Waals surface area contributed by atoms with Gasteiger partial charge in [-0.3, -0.25) is 15.1 Å². The molecule has 3 rings (SSSR count). The summed E-state index contributed by atoms with van der Waals surface area (Å²) in [4.78, 5) is 33.7. The van der Waals surface area contributed by atoms with Crippen molar-refractivity contribution in [2.45, 2.75) is 20.5 Å². The van der Waals surface area contributed by atoms with E-state index >= 15 is 0 Å². The zero-order valence-electron chi connectivity index (χ0n) is 15.5. The Morgan fingerprint density at radius 1 is 1.21 bits per heavy atom. The first-order valence-corrected chi connectivity index (χ1v) is 8.61. The van der Waals surface area contributed by atoms with Gasteiger partial charge in [0.2, 0.25) is 5.95 Å². The molecule has 0 bridgehead atoms. The first-order chi connectivity index (χ1) is 13.6. The monoisotopic (exact) mass is 381 g/mol. The number of nitrogens with one attached hydrogen (secondary N) is 1. The smallest absolute Gasteiger partial charge is 0.271 e. The van der Waals surface area contributed by atoms with Crippen LogP contribution < -0.4 is 5.32 Å². The van der Waals surface area contributed by atoms with Gasteiger partial charge in [0, 0.05) is 41.9 Å². The van der Waals surface area contributed by atoms with Crippen LogP contribution in [0.3, 0.4) is 0 Å². The third-order valence-corrected chi connectivity index (χ3v) is 3.89. The summed E-state index contributed by atoms with van der Waals surface area (Å²) < 4.78 is 0. The summed E-state index contributed by atoms with van der Waals surface area (Å²) in [5.41, 5.74) is 3.53. The number of rotatable bonds is 8. The second-order valence-electron chi connectivity index (χ2n) is 5.86. The predicted molar refractivity (Wildman–Crippen MR) is 103 cm³/mol. The summed E-state index contributed by atoms with van der Waals surface area (Å²) in [5, 5.41) is 14.1. The van der Waals surface area contributed by atoms with E-state index in [1.807, 2.05) is 26.0 Å². The SMILES string of the molecule is CCOOCc1cnc(Nc2cc([N+](=O)[O-])ccc2C)nc1-c1cccnc1. The van der Waals surface area contributed by atoms with Gasteiger partial charge < -0.3 is 5.32 Å². The van der Waals surface area contributed by atoms with Crippen molar-refractivity contribution in [3.8, 4) is 11.3 Å². The molecule has 2 aromatic heterocycles. The maximum atomic E-state index is 11.0. The molecule has 0 spiro atoms. The summed E-state index contributed by atoms with van der Waals surface area (Å²) in [6, 6.07) is 8.27. The Bertz CT molecular complexity index is 966. The molecule has 144 valence electrons. The van der Waals surface area contributed by atoms with Crippen LogP contribution in [0.5, 0.6) is 0 Å². The molecule has 0 aliphatic heterocycles. The van der Waals surface area contributed by atoms with Crippen molar-refractivity contribution in [1.82, 2.24) is 15.0 Å². The number of aryl methyl sites for hydroxylation is 1. The number of nitrogens with zero attached hydrogens (tertiary/aromatic N) is 4. The van der Waals surface area contributed by atoms with Crippen LogP contribution in [0.4, 0.5) is 17.3 Å². The molecule has 1 aromatic carbocycles. The Labute approximate surface area is 161 Å². The predicted octanol–water partition coefficient (Wildman–Crippen LogP) is 3.97. The topological polar surface area (TPSA) is 112 Å². The van der Waals surface area contributed by atoms with E-state index in [-0.39, 0.29) is 12.3 Å². The average molecular weight is 381 g/mol. The van der Waals surface area contributed by atoms with Crippen LogP contribution in [0, 0.1) is 17.0 Å². The number of non-ortho nitro benzene ring substituents is 1. The molecule has 28 heavy (non-hydrogen) atoms. The molecule has 1 N–H and O–H groups in total. The van der Waals surface area contributed by atoms with Crippen LogP contribution in [-0.4, -0.2) is 26.5 Å². The van der Waals surface area contributed by atoms with E-state index in [0.29, 0.717) is 23.9 Å². The lowest BCUT2D eigenvalue weighted by atomic mass is 10.1. The molecular weight excluding hydrogens is 362 g/mol. The Balaban J connectivity index is 1.95. The van der Waals surface area contributed by atoms with Crippen molar-refractivity contribution < 1.29 is 14.7 Å².